The molecule has 2 aromatic rings. The SMILES string of the molecule is Cc1ccc(C(=O)ON=C2CCCCC2=Cc2ccc(F)cc2)cc1. The van der Waals surface area contributed by atoms with E-state index in [1.54, 1.807) is 24.3 Å². The van der Waals surface area contributed by atoms with Crippen LogP contribution in [0.15, 0.2) is 59.3 Å². The minimum absolute atomic E-state index is 0.258. The van der Waals surface area contributed by atoms with Gasteiger partial charge in [0.2, 0.25) is 0 Å². The highest BCUT2D eigenvalue weighted by Gasteiger charge is 2.15. The molecule has 0 N–H and O–H groups in total. The first-order chi connectivity index (χ1) is 12.1. The molecule has 0 aliphatic heterocycles. The monoisotopic (exact) mass is 337 g/mol. The molecule has 0 radical (unpaired) electrons. The van der Waals surface area contributed by atoms with E-state index in [-0.39, 0.29) is 5.82 Å². The van der Waals surface area contributed by atoms with Crippen molar-refractivity contribution in [3.8, 4) is 0 Å². The third-order valence-electron chi connectivity index (χ3n) is 4.22. The Bertz CT molecular complexity index is 805. The molecular formula is C21H20FNO2. The molecule has 128 valence electrons. The summed E-state index contributed by atoms with van der Waals surface area (Å²) in [5.41, 5.74) is 4.30. The first-order valence-electron chi connectivity index (χ1n) is 8.43. The minimum Gasteiger partial charge on any atom is -0.313 e. The summed E-state index contributed by atoms with van der Waals surface area (Å²) in [5, 5.41) is 4.10. The van der Waals surface area contributed by atoms with Gasteiger partial charge in [-0.1, -0.05) is 35.0 Å². The largest absolute Gasteiger partial charge is 0.365 e. The number of rotatable bonds is 3. The summed E-state index contributed by atoms with van der Waals surface area (Å²) in [7, 11) is 0. The van der Waals surface area contributed by atoms with E-state index in [0.29, 0.717) is 5.56 Å². The molecule has 0 amide bonds. The van der Waals surface area contributed by atoms with Crippen LogP contribution in [-0.2, 0) is 4.84 Å². The van der Waals surface area contributed by atoms with Crippen molar-refractivity contribution >= 4 is 17.8 Å². The Hall–Kier alpha value is -2.75. The summed E-state index contributed by atoms with van der Waals surface area (Å²) in [6, 6.07) is 13.5. The summed E-state index contributed by atoms with van der Waals surface area (Å²) in [5.74, 6) is -0.717. The van der Waals surface area contributed by atoms with Gasteiger partial charge in [0.25, 0.3) is 0 Å². The Morgan fingerprint density at radius 3 is 2.44 bits per heavy atom. The fraction of sp³-hybridized carbons (Fsp3) is 0.238. The van der Waals surface area contributed by atoms with Crippen molar-refractivity contribution in [1.29, 1.82) is 0 Å². The lowest BCUT2D eigenvalue weighted by atomic mass is 9.91. The maximum absolute atomic E-state index is 13.0. The van der Waals surface area contributed by atoms with Crippen LogP contribution >= 0.6 is 0 Å². The van der Waals surface area contributed by atoms with Gasteiger partial charge in [0.15, 0.2) is 0 Å². The number of oxime groups is 1. The molecule has 0 spiro atoms. The van der Waals surface area contributed by atoms with Gasteiger partial charge in [0, 0.05) is 0 Å². The predicted octanol–water partition coefficient (Wildman–Crippen LogP) is 5.30. The molecule has 1 saturated carbocycles. The molecule has 1 aliphatic rings. The highest BCUT2D eigenvalue weighted by atomic mass is 19.1. The van der Waals surface area contributed by atoms with E-state index in [9.17, 15) is 9.18 Å². The maximum Gasteiger partial charge on any atom is 0.365 e. The van der Waals surface area contributed by atoms with Crippen LogP contribution in [0.3, 0.4) is 0 Å². The number of carbonyl (C=O) groups excluding carboxylic acids is 1. The minimum atomic E-state index is -0.459. The second-order valence-electron chi connectivity index (χ2n) is 6.21. The third-order valence-corrected chi connectivity index (χ3v) is 4.22. The Balaban J connectivity index is 1.75. The van der Waals surface area contributed by atoms with Crippen molar-refractivity contribution in [1.82, 2.24) is 0 Å². The number of nitrogens with zero attached hydrogens (tertiary/aromatic N) is 1. The highest BCUT2D eigenvalue weighted by Crippen LogP contribution is 2.24. The van der Waals surface area contributed by atoms with Crippen LogP contribution < -0.4 is 0 Å². The molecule has 0 atom stereocenters. The number of hydrogen-bond donors (Lipinski definition) is 0. The Morgan fingerprint density at radius 2 is 1.72 bits per heavy atom. The maximum atomic E-state index is 13.0. The van der Waals surface area contributed by atoms with Crippen LogP contribution in [0.25, 0.3) is 6.08 Å². The van der Waals surface area contributed by atoms with Gasteiger partial charge < -0.3 is 4.84 Å². The van der Waals surface area contributed by atoms with E-state index in [1.165, 1.54) is 12.1 Å². The summed E-state index contributed by atoms with van der Waals surface area (Å²) >= 11 is 0. The van der Waals surface area contributed by atoms with Crippen molar-refractivity contribution in [2.24, 2.45) is 5.16 Å². The first kappa shape index (κ1) is 17.1. The number of aryl methyl sites for hydroxylation is 1. The van der Waals surface area contributed by atoms with Gasteiger partial charge in [-0.15, -0.1) is 0 Å². The van der Waals surface area contributed by atoms with Crippen LogP contribution in [0.2, 0.25) is 0 Å². The number of carbonyl (C=O) groups is 1. The summed E-state index contributed by atoms with van der Waals surface area (Å²) in [4.78, 5) is 17.3. The van der Waals surface area contributed by atoms with Crippen LogP contribution in [0.5, 0.6) is 0 Å². The average Bonchev–Trinajstić information content (AvgIpc) is 2.63. The van der Waals surface area contributed by atoms with Crippen LogP contribution in [0.4, 0.5) is 4.39 Å². The van der Waals surface area contributed by atoms with Crippen LogP contribution in [0.1, 0.15) is 47.2 Å². The molecule has 1 aliphatic carbocycles. The molecule has 3 nitrogen and oxygen atoms in total. The van der Waals surface area contributed by atoms with Gasteiger partial charge >= 0.3 is 5.97 Å². The van der Waals surface area contributed by atoms with E-state index < -0.39 is 5.97 Å². The zero-order valence-electron chi connectivity index (χ0n) is 14.2. The zero-order chi connectivity index (χ0) is 17.6. The zero-order valence-corrected chi connectivity index (χ0v) is 14.2. The second kappa shape index (κ2) is 7.88. The fourth-order valence-electron chi connectivity index (χ4n) is 2.77. The van der Waals surface area contributed by atoms with Crippen LogP contribution in [0, 0.1) is 12.7 Å². The number of halogens is 1. The number of hydrogen-bond acceptors (Lipinski definition) is 3. The van der Waals surface area contributed by atoms with Crippen molar-refractivity contribution in [3.05, 3.63) is 76.6 Å². The topological polar surface area (TPSA) is 38.7 Å². The molecule has 2 aromatic carbocycles. The Labute approximate surface area is 146 Å². The molecule has 0 heterocycles. The van der Waals surface area contributed by atoms with E-state index in [1.807, 2.05) is 25.1 Å². The number of allylic oxidation sites excluding steroid dienone is 1. The molecule has 0 bridgehead atoms. The van der Waals surface area contributed by atoms with E-state index >= 15 is 0 Å². The average molecular weight is 337 g/mol. The predicted molar refractivity (Wildman–Crippen MR) is 96.9 cm³/mol. The normalized spacial score (nSPS) is 17.7. The van der Waals surface area contributed by atoms with Gasteiger partial charge in [-0.25, -0.2) is 9.18 Å². The van der Waals surface area contributed by atoms with Crippen LogP contribution in [-0.4, -0.2) is 11.7 Å². The number of benzene rings is 2. The lowest BCUT2D eigenvalue weighted by Crippen LogP contribution is -2.11. The molecule has 0 aromatic heterocycles. The molecule has 1 fully saturated rings. The second-order valence-corrected chi connectivity index (χ2v) is 6.21. The Morgan fingerprint density at radius 1 is 1.04 bits per heavy atom. The molecule has 0 unspecified atom stereocenters. The van der Waals surface area contributed by atoms with E-state index in [0.717, 1.165) is 48.1 Å². The quantitative estimate of drug-likeness (QED) is 0.563. The first-order valence-corrected chi connectivity index (χ1v) is 8.43. The van der Waals surface area contributed by atoms with Gasteiger partial charge in [0.1, 0.15) is 5.82 Å². The Kier molecular flexibility index (Phi) is 5.39. The summed E-state index contributed by atoms with van der Waals surface area (Å²) in [6.07, 6.45) is 5.71. The van der Waals surface area contributed by atoms with E-state index in [4.69, 9.17) is 4.84 Å². The van der Waals surface area contributed by atoms with Gasteiger partial charge in [0.05, 0.1) is 11.3 Å². The van der Waals surface area contributed by atoms with E-state index in [2.05, 4.69) is 5.16 Å². The molecular weight excluding hydrogens is 317 g/mol. The standard InChI is InChI=1S/C21H20FNO2/c1-15-6-10-17(11-7-15)21(24)25-23-20-5-3-2-4-18(20)14-16-8-12-19(22)13-9-16/h6-14H,2-5H2,1H3. The van der Waals surface area contributed by atoms with Gasteiger partial charge in [-0.05, 0) is 74.1 Å². The third kappa shape index (κ3) is 4.63. The van der Waals surface area contributed by atoms with Gasteiger partial charge in [-0.2, -0.15) is 0 Å². The van der Waals surface area contributed by atoms with Gasteiger partial charge in [-0.3, -0.25) is 0 Å². The molecule has 25 heavy (non-hydrogen) atoms. The summed E-state index contributed by atoms with van der Waals surface area (Å²) < 4.78 is 13.0. The summed E-state index contributed by atoms with van der Waals surface area (Å²) in [6.45, 7) is 1.96. The fourth-order valence-corrected chi connectivity index (χ4v) is 2.77. The molecule has 4 heteroatoms. The molecule has 0 saturated heterocycles. The van der Waals surface area contributed by atoms with Crippen molar-refractivity contribution in [2.45, 2.75) is 32.6 Å². The lowest BCUT2D eigenvalue weighted by molar-refractivity contribution is 0.0515. The van der Waals surface area contributed by atoms with Crippen molar-refractivity contribution < 1.29 is 14.0 Å². The molecule has 3 rings (SSSR count). The lowest BCUT2D eigenvalue weighted by Gasteiger charge is -2.16. The van der Waals surface area contributed by atoms with Crippen molar-refractivity contribution in [2.75, 3.05) is 0 Å². The van der Waals surface area contributed by atoms with Crippen molar-refractivity contribution in [3.63, 3.8) is 0 Å². The highest BCUT2D eigenvalue weighted by molar-refractivity contribution is 6.04. The smallest absolute Gasteiger partial charge is 0.313 e.